The Hall–Kier alpha value is -1.89. The van der Waals surface area contributed by atoms with Gasteiger partial charge < -0.3 is 14.7 Å². The van der Waals surface area contributed by atoms with Crippen molar-refractivity contribution in [1.29, 1.82) is 0 Å². The lowest BCUT2D eigenvalue weighted by molar-refractivity contribution is -0.138. The molecule has 2 rings (SSSR count). The number of hydrogen-bond donors (Lipinski definition) is 1. The number of carboxylic acid groups (broad SMARTS) is 1. The molecule has 1 atom stereocenters. The van der Waals surface area contributed by atoms with Crippen molar-refractivity contribution >= 4 is 11.9 Å². The van der Waals surface area contributed by atoms with Gasteiger partial charge in [0.05, 0.1) is 18.7 Å². The quantitative estimate of drug-likeness (QED) is 0.835. The zero-order valence-electron chi connectivity index (χ0n) is 12.2. The van der Waals surface area contributed by atoms with Gasteiger partial charge in [0, 0.05) is 32.3 Å². The third-order valence-electron chi connectivity index (χ3n) is 3.67. The van der Waals surface area contributed by atoms with Crippen molar-refractivity contribution < 1.29 is 19.4 Å². The normalized spacial score (nSPS) is 18.7. The number of likely N-dealkylation sites (tertiary alicyclic amines) is 1. The summed E-state index contributed by atoms with van der Waals surface area (Å²) in [6.07, 6.45) is 3.99. The number of rotatable bonds is 6. The van der Waals surface area contributed by atoms with Crippen LogP contribution in [0.15, 0.2) is 12.3 Å². The van der Waals surface area contributed by atoms with E-state index >= 15 is 0 Å². The van der Waals surface area contributed by atoms with Crippen molar-refractivity contribution in [2.75, 3.05) is 26.8 Å². The van der Waals surface area contributed by atoms with Gasteiger partial charge in [-0.3, -0.25) is 14.3 Å². The van der Waals surface area contributed by atoms with Crippen LogP contribution in [0.25, 0.3) is 0 Å². The van der Waals surface area contributed by atoms with Crippen molar-refractivity contribution in [3.8, 4) is 0 Å². The first-order valence-corrected chi connectivity index (χ1v) is 7.12. The lowest BCUT2D eigenvalue weighted by Gasteiger charge is -2.32. The van der Waals surface area contributed by atoms with Crippen molar-refractivity contribution in [2.24, 2.45) is 0 Å². The minimum absolute atomic E-state index is 0.103. The first-order valence-electron chi connectivity index (χ1n) is 7.12. The number of methoxy groups -OCH3 is 1. The van der Waals surface area contributed by atoms with Gasteiger partial charge in [-0.1, -0.05) is 0 Å². The average Bonchev–Trinajstić information content (AvgIpc) is 2.92. The van der Waals surface area contributed by atoms with Crippen LogP contribution in [-0.4, -0.2) is 58.5 Å². The minimum Gasteiger partial charge on any atom is -0.480 e. The fourth-order valence-corrected chi connectivity index (χ4v) is 2.61. The van der Waals surface area contributed by atoms with Crippen molar-refractivity contribution in [3.05, 3.63) is 18.0 Å². The smallest absolute Gasteiger partial charge is 0.325 e. The fraction of sp³-hybridized carbons (Fsp3) is 0.643. The molecule has 1 aliphatic heterocycles. The number of carboxylic acids is 1. The molecule has 2 heterocycles. The molecule has 0 spiro atoms. The van der Waals surface area contributed by atoms with Crippen molar-refractivity contribution in [2.45, 2.75) is 31.7 Å². The van der Waals surface area contributed by atoms with E-state index < -0.39 is 5.97 Å². The molecule has 1 saturated heterocycles. The van der Waals surface area contributed by atoms with E-state index in [4.69, 9.17) is 9.84 Å². The molecule has 7 heteroatoms. The van der Waals surface area contributed by atoms with Gasteiger partial charge in [0.2, 0.25) is 5.91 Å². The number of hydrogen-bond acceptors (Lipinski definition) is 4. The number of ether oxygens (including phenoxy) is 1. The monoisotopic (exact) mass is 295 g/mol. The predicted molar refractivity (Wildman–Crippen MR) is 74.9 cm³/mol. The van der Waals surface area contributed by atoms with E-state index in [1.54, 1.807) is 13.3 Å². The Morgan fingerprint density at radius 3 is 3.05 bits per heavy atom. The maximum atomic E-state index is 12.0. The van der Waals surface area contributed by atoms with Crippen LogP contribution in [-0.2, 0) is 20.9 Å². The summed E-state index contributed by atoms with van der Waals surface area (Å²) in [6, 6.07) is 1.84. The van der Waals surface area contributed by atoms with E-state index in [0.29, 0.717) is 19.6 Å². The van der Waals surface area contributed by atoms with Crippen LogP contribution < -0.4 is 0 Å². The van der Waals surface area contributed by atoms with Gasteiger partial charge in [0.1, 0.15) is 6.54 Å². The summed E-state index contributed by atoms with van der Waals surface area (Å²) in [5.41, 5.74) is 0.862. The number of amides is 1. The topological polar surface area (TPSA) is 84.7 Å². The number of carbonyl (C=O) groups is 2. The summed E-state index contributed by atoms with van der Waals surface area (Å²) in [5, 5.41) is 13.1. The highest BCUT2D eigenvalue weighted by atomic mass is 16.5. The lowest BCUT2D eigenvalue weighted by Crippen LogP contribution is -2.39. The van der Waals surface area contributed by atoms with Crippen LogP contribution in [0.5, 0.6) is 0 Å². The van der Waals surface area contributed by atoms with E-state index in [1.165, 1.54) is 4.68 Å². The third-order valence-corrected chi connectivity index (χ3v) is 3.67. The fourth-order valence-electron chi connectivity index (χ4n) is 2.61. The Bertz CT molecular complexity index is 500. The largest absolute Gasteiger partial charge is 0.480 e. The minimum atomic E-state index is -0.912. The molecule has 1 N–H and O–H groups in total. The summed E-state index contributed by atoms with van der Waals surface area (Å²) < 4.78 is 6.36. The average molecular weight is 295 g/mol. The molecule has 0 bridgehead atoms. The van der Waals surface area contributed by atoms with Crippen molar-refractivity contribution in [1.82, 2.24) is 14.7 Å². The molecule has 1 amide bonds. The third kappa shape index (κ3) is 4.29. The molecule has 1 fully saturated rings. The maximum absolute atomic E-state index is 12.0. The first-order chi connectivity index (χ1) is 10.1. The molecule has 0 saturated carbocycles. The van der Waals surface area contributed by atoms with Crippen LogP contribution in [0.3, 0.4) is 0 Å². The molecule has 0 aromatic carbocycles. The van der Waals surface area contributed by atoms with Gasteiger partial charge in [-0.05, 0) is 18.9 Å². The highest BCUT2D eigenvalue weighted by Gasteiger charge is 2.26. The summed E-state index contributed by atoms with van der Waals surface area (Å²) in [5.74, 6) is -0.628. The van der Waals surface area contributed by atoms with Gasteiger partial charge >= 0.3 is 5.97 Å². The number of carbonyl (C=O) groups excluding carboxylic acids is 1. The molecule has 0 aliphatic carbocycles. The molecule has 7 nitrogen and oxygen atoms in total. The Kier molecular flexibility index (Phi) is 5.32. The van der Waals surface area contributed by atoms with Crippen LogP contribution in [0.1, 0.15) is 30.9 Å². The number of aliphatic carboxylic acids is 1. The molecular weight excluding hydrogens is 274 g/mol. The zero-order valence-corrected chi connectivity index (χ0v) is 12.2. The SMILES string of the molecule is COCCC(=O)N1CCC[C@H](c2ccn(CC(=O)O)n2)C1. The van der Waals surface area contributed by atoms with Crippen LogP contribution in [0, 0.1) is 0 Å². The van der Waals surface area contributed by atoms with Gasteiger partial charge in [0.25, 0.3) is 0 Å². The van der Waals surface area contributed by atoms with Gasteiger partial charge in [-0.25, -0.2) is 0 Å². The molecule has 1 aromatic rings. The molecule has 1 aliphatic rings. The number of aromatic nitrogens is 2. The molecule has 21 heavy (non-hydrogen) atoms. The molecular formula is C14H21N3O4. The summed E-state index contributed by atoms with van der Waals surface area (Å²) in [4.78, 5) is 24.5. The van der Waals surface area contributed by atoms with E-state index in [1.807, 2.05) is 11.0 Å². The van der Waals surface area contributed by atoms with Gasteiger partial charge in [0.15, 0.2) is 0 Å². The highest BCUT2D eigenvalue weighted by Crippen LogP contribution is 2.25. The summed E-state index contributed by atoms with van der Waals surface area (Å²) >= 11 is 0. The van der Waals surface area contributed by atoms with E-state index in [-0.39, 0.29) is 18.4 Å². The standard InChI is InChI=1S/C14H21N3O4/c1-21-8-5-13(18)16-6-2-3-11(9-16)12-4-7-17(15-12)10-14(19)20/h4,7,11H,2-3,5-6,8-10H2,1H3,(H,19,20)/t11-/m0/s1. The lowest BCUT2D eigenvalue weighted by atomic mass is 9.95. The molecule has 116 valence electrons. The Morgan fingerprint density at radius 2 is 2.33 bits per heavy atom. The molecule has 0 radical (unpaired) electrons. The van der Waals surface area contributed by atoms with E-state index in [9.17, 15) is 9.59 Å². The maximum Gasteiger partial charge on any atom is 0.325 e. The van der Waals surface area contributed by atoms with Crippen LogP contribution in [0.2, 0.25) is 0 Å². The van der Waals surface area contributed by atoms with Gasteiger partial charge in [-0.2, -0.15) is 5.10 Å². The number of nitrogens with zero attached hydrogens (tertiary/aromatic N) is 3. The first kappa shape index (κ1) is 15.5. The second kappa shape index (κ2) is 7.21. The Balaban J connectivity index is 1.95. The molecule has 0 unspecified atom stereocenters. The zero-order chi connectivity index (χ0) is 15.2. The second-order valence-corrected chi connectivity index (χ2v) is 5.25. The van der Waals surface area contributed by atoms with E-state index in [2.05, 4.69) is 5.10 Å². The number of piperidine rings is 1. The van der Waals surface area contributed by atoms with Crippen LogP contribution in [0.4, 0.5) is 0 Å². The van der Waals surface area contributed by atoms with Crippen molar-refractivity contribution in [3.63, 3.8) is 0 Å². The Labute approximate surface area is 123 Å². The summed E-state index contributed by atoms with van der Waals surface area (Å²) in [6.45, 7) is 1.72. The Morgan fingerprint density at radius 1 is 1.52 bits per heavy atom. The van der Waals surface area contributed by atoms with Gasteiger partial charge in [-0.15, -0.1) is 0 Å². The van der Waals surface area contributed by atoms with Crippen LogP contribution >= 0.6 is 0 Å². The van der Waals surface area contributed by atoms with E-state index in [0.717, 1.165) is 25.1 Å². The second-order valence-electron chi connectivity index (χ2n) is 5.25. The molecule has 1 aromatic heterocycles. The summed E-state index contributed by atoms with van der Waals surface area (Å²) in [7, 11) is 1.58. The highest BCUT2D eigenvalue weighted by molar-refractivity contribution is 5.76. The predicted octanol–water partition coefficient (Wildman–Crippen LogP) is 0.710.